The molecule has 1 heterocycles. The summed E-state index contributed by atoms with van der Waals surface area (Å²) in [6, 6.07) is 0.560. The Hall–Kier alpha value is -0.610. The minimum atomic E-state index is -0.601. The molecule has 1 N–H and O–H groups in total. The maximum atomic E-state index is 11.3. The van der Waals surface area contributed by atoms with E-state index in [1.54, 1.807) is 6.92 Å². The summed E-state index contributed by atoms with van der Waals surface area (Å²) in [5.41, 5.74) is 0. The summed E-state index contributed by atoms with van der Waals surface area (Å²) in [5.74, 6) is -0.298. The molecule has 0 aromatic carbocycles. The molecular formula is C14H27NO3. The highest BCUT2D eigenvalue weighted by molar-refractivity contribution is 5.69. The highest BCUT2D eigenvalue weighted by Gasteiger charge is 2.23. The molecule has 1 aliphatic rings. The molecule has 1 fully saturated rings. The fraction of sp³-hybridized carbons (Fsp3) is 0.929. The summed E-state index contributed by atoms with van der Waals surface area (Å²) in [4.78, 5) is 13.7. The molecule has 0 aliphatic carbocycles. The second-order valence-electron chi connectivity index (χ2n) is 5.07. The van der Waals surface area contributed by atoms with Crippen molar-refractivity contribution >= 4 is 5.97 Å². The van der Waals surface area contributed by atoms with Crippen LogP contribution in [0.1, 0.15) is 52.4 Å². The van der Waals surface area contributed by atoms with Crippen LogP contribution in [0.5, 0.6) is 0 Å². The molecular weight excluding hydrogens is 230 g/mol. The molecule has 1 aliphatic heterocycles. The highest BCUT2D eigenvalue weighted by Crippen LogP contribution is 2.19. The van der Waals surface area contributed by atoms with Gasteiger partial charge in [0.15, 0.2) is 0 Å². The highest BCUT2D eigenvalue weighted by atomic mass is 16.5. The SMILES string of the molecule is CCOC(=O)CC(O)CN1CCCCCC1CC. The first kappa shape index (κ1) is 15.4. The van der Waals surface area contributed by atoms with Crippen LogP contribution in [0.4, 0.5) is 0 Å². The van der Waals surface area contributed by atoms with E-state index in [2.05, 4.69) is 11.8 Å². The third kappa shape index (κ3) is 5.36. The van der Waals surface area contributed by atoms with Gasteiger partial charge in [-0.15, -0.1) is 0 Å². The van der Waals surface area contributed by atoms with Crippen molar-refractivity contribution in [1.82, 2.24) is 4.90 Å². The minimum Gasteiger partial charge on any atom is -0.466 e. The van der Waals surface area contributed by atoms with Crippen LogP contribution in [0, 0.1) is 0 Å². The Morgan fingerprint density at radius 2 is 2.17 bits per heavy atom. The van der Waals surface area contributed by atoms with E-state index >= 15 is 0 Å². The van der Waals surface area contributed by atoms with E-state index in [0.29, 0.717) is 19.2 Å². The molecule has 4 nitrogen and oxygen atoms in total. The lowest BCUT2D eigenvalue weighted by Crippen LogP contribution is -2.40. The van der Waals surface area contributed by atoms with Gasteiger partial charge in [-0.25, -0.2) is 0 Å². The van der Waals surface area contributed by atoms with Crippen LogP contribution >= 0.6 is 0 Å². The van der Waals surface area contributed by atoms with Crippen LogP contribution in [-0.2, 0) is 9.53 Å². The molecule has 4 heteroatoms. The average Bonchev–Trinajstić information content (AvgIpc) is 2.54. The molecule has 0 radical (unpaired) electrons. The van der Waals surface area contributed by atoms with Crippen molar-refractivity contribution in [3.05, 3.63) is 0 Å². The van der Waals surface area contributed by atoms with Gasteiger partial charge < -0.3 is 9.84 Å². The van der Waals surface area contributed by atoms with E-state index in [1.165, 1.54) is 25.7 Å². The van der Waals surface area contributed by atoms with Gasteiger partial charge in [-0.2, -0.15) is 0 Å². The van der Waals surface area contributed by atoms with E-state index in [1.807, 2.05) is 0 Å². The minimum absolute atomic E-state index is 0.112. The summed E-state index contributed by atoms with van der Waals surface area (Å²) in [6.45, 7) is 6.00. The molecule has 0 spiro atoms. The number of rotatable bonds is 6. The number of aliphatic hydroxyl groups excluding tert-OH is 1. The fourth-order valence-electron chi connectivity index (χ4n) is 2.69. The standard InChI is InChI=1S/C14H27NO3/c1-3-12-8-6-5-7-9-15(12)11-13(16)10-14(17)18-4-2/h12-13,16H,3-11H2,1-2H3. The number of likely N-dealkylation sites (tertiary alicyclic amines) is 1. The van der Waals surface area contributed by atoms with Gasteiger partial charge >= 0.3 is 5.97 Å². The van der Waals surface area contributed by atoms with Crippen LogP contribution < -0.4 is 0 Å². The van der Waals surface area contributed by atoms with Crippen molar-refractivity contribution in [2.24, 2.45) is 0 Å². The van der Waals surface area contributed by atoms with Crippen molar-refractivity contribution in [3.63, 3.8) is 0 Å². The lowest BCUT2D eigenvalue weighted by molar-refractivity contribution is -0.145. The normalized spacial score (nSPS) is 23.4. The number of carbonyl (C=O) groups excluding carboxylic acids is 1. The van der Waals surface area contributed by atoms with E-state index in [-0.39, 0.29) is 12.4 Å². The lowest BCUT2D eigenvalue weighted by Gasteiger charge is -2.30. The Labute approximate surface area is 110 Å². The summed E-state index contributed by atoms with van der Waals surface area (Å²) in [6.07, 6.45) is 5.60. The smallest absolute Gasteiger partial charge is 0.308 e. The Morgan fingerprint density at radius 1 is 1.39 bits per heavy atom. The monoisotopic (exact) mass is 257 g/mol. The predicted molar refractivity (Wildman–Crippen MR) is 71.4 cm³/mol. The third-order valence-electron chi connectivity index (χ3n) is 3.62. The molecule has 0 bridgehead atoms. The van der Waals surface area contributed by atoms with Gasteiger partial charge in [-0.3, -0.25) is 9.69 Å². The van der Waals surface area contributed by atoms with Crippen molar-refractivity contribution in [2.45, 2.75) is 64.5 Å². The van der Waals surface area contributed by atoms with E-state index in [9.17, 15) is 9.90 Å². The Bertz CT molecular complexity index is 245. The molecule has 18 heavy (non-hydrogen) atoms. The second kappa shape index (κ2) is 8.48. The van der Waals surface area contributed by atoms with Gasteiger partial charge in [0.05, 0.1) is 19.1 Å². The van der Waals surface area contributed by atoms with Crippen molar-refractivity contribution in [1.29, 1.82) is 0 Å². The number of nitrogens with zero attached hydrogens (tertiary/aromatic N) is 1. The van der Waals surface area contributed by atoms with Gasteiger partial charge in [0.25, 0.3) is 0 Å². The predicted octanol–water partition coefficient (Wildman–Crippen LogP) is 1.96. The molecule has 1 saturated heterocycles. The zero-order chi connectivity index (χ0) is 13.4. The zero-order valence-corrected chi connectivity index (χ0v) is 11.7. The van der Waals surface area contributed by atoms with Crippen molar-refractivity contribution in [2.75, 3.05) is 19.7 Å². The quantitative estimate of drug-likeness (QED) is 0.739. The van der Waals surface area contributed by atoms with Gasteiger partial charge in [0.2, 0.25) is 0 Å². The lowest BCUT2D eigenvalue weighted by atomic mass is 10.1. The summed E-state index contributed by atoms with van der Waals surface area (Å²) in [5, 5.41) is 9.96. The number of hydrogen-bond donors (Lipinski definition) is 1. The zero-order valence-electron chi connectivity index (χ0n) is 11.7. The average molecular weight is 257 g/mol. The van der Waals surface area contributed by atoms with Crippen LogP contribution in [0.3, 0.4) is 0 Å². The van der Waals surface area contributed by atoms with Gasteiger partial charge in [-0.05, 0) is 32.7 Å². The summed E-state index contributed by atoms with van der Waals surface area (Å²) < 4.78 is 4.86. The van der Waals surface area contributed by atoms with E-state index in [4.69, 9.17) is 4.74 Å². The van der Waals surface area contributed by atoms with Gasteiger partial charge in [0.1, 0.15) is 0 Å². The topological polar surface area (TPSA) is 49.8 Å². The second-order valence-corrected chi connectivity index (χ2v) is 5.07. The number of carbonyl (C=O) groups is 1. The molecule has 0 aromatic heterocycles. The molecule has 2 atom stereocenters. The van der Waals surface area contributed by atoms with Crippen LogP contribution in [0.2, 0.25) is 0 Å². The van der Waals surface area contributed by atoms with E-state index < -0.39 is 6.10 Å². The number of esters is 1. The largest absolute Gasteiger partial charge is 0.466 e. The third-order valence-corrected chi connectivity index (χ3v) is 3.62. The fourth-order valence-corrected chi connectivity index (χ4v) is 2.69. The first-order chi connectivity index (χ1) is 8.67. The first-order valence-corrected chi connectivity index (χ1v) is 7.25. The van der Waals surface area contributed by atoms with Crippen LogP contribution in [0.25, 0.3) is 0 Å². The number of aliphatic hydroxyl groups is 1. The number of hydrogen-bond acceptors (Lipinski definition) is 4. The molecule has 106 valence electrons. The first-order valence-electron chi connectivity index (χ1n) is 7.25. The van der Waals surface area contributed by atoms with Crippen LogP contribution in [-0.4, -0.2) is 47.8 Å². The summed E-state index contributed by atoms with van der Waals surface area (Å²) in [7, 11) is 0. The molecule has 1 rings (SSSR count). The van der Waals surface area contributed by atoms with Gasteiger partial charge in [-0.1, -0.05) is 19.8 Å². The maximum absolute atomic E-state index is 11.3. The van der Waals surface area contributed by atoms with Crippen molar-refractivity contribution in [3.8, 4) is 0 Å². The number of β-amino-alcohol motifs (C(OH)–C–C–N with tert-alkyl or cyclic N) is 1. The Morgan fingerprint density at radius 3 is 2.83 bits per heavy atom. The van der Waals surface area contributed by atoms with Crippen molar-refractivity contribution < 1.29 is 14.6 Å². The van der Waals surface area contributed by atoms with Crippen LogP contribution in [0.15, 0.2) is 0 Å². The number of ether oxygens (including phenoxy) is 1. The molecule has 2 unspecified atom stereocenters. The van der Waals surface area contributed by atoms with E-state index in [0.717, 1.165) is 13.0 Å². The Balaban J connectivity index is 2.39. The summed E-state index contributed by atoms with van der Waals surface area (Å²) >= 11 is 0. The maximum Gasteiger partial charge on any atom is 0.308 e. The van der Waals surface area contributed by atoms with Gasteiger partial charge in [0, 0.05) is 12.6 Å². The molecule has 0 aromatic rings. The molecule has 0 saturated carbocycles. The Kier molecular flexibility index (Phi) is 7.28. The molecule has 0 amide bonds.